The third-order valence-corrected chi connectivity index (χ3v) is 7.76. The van der Waals surface area contributed by atoms with Gasteiger partial charge in [-0.3, -0.25) is 9.59 Å². The van der Waals surface area contributed by atoms with Gasteiger partial charge >= 0.3 is 0 Å². The molecule has 2 amide bonds. The van der Waals surface area contributed by atoms with Crippen molar-refractivity contribution >= 4 is 22.7 Å². The summed E-state index contributed by atoms with van der Waals surface area (Å²) in [4.78, 5) is 28.8. The Kier molecular flexibility index (Phi) is 7.37. The van der Waals surface area contributed by atoms with Crippen LogP contribution in [0.25, 0.3) is 22.2 Å². The summed E-state index contributed by atoms with van der Waals surface area (Å²) in [5, 5.41) is 4.24. The van der Waals surface area contributed by atoms with Gasteiger partial charge in [-0.2, -0.15) is 0 Å². The van der Waals surface area contributed by atoms with Crippen LogP contribution >= 0.6 is 0 Å². The first-order chi connectivity index (χ1) is 18.4. The molecule has 3 aromatic carbocycles. The zero-order valence-electron chi connectivity index (χ0n) is 22.8. The Morgan fingerprint density at radius 1 is 0.974 bits per heavy atom. The fourth-order valence-corrected chi connectivity index (χ4v) is 5.85. The molecule has 1 aromatic heterocycles. The summed E-state index contributed by atoms with van der Waals surface area (Å²) in [7, 11) is 2.08. The fraction of sp³-hybridized carbons (Fsp3) is 0.333. The molecule has 1 aliphatic rings. The molecule has 0 fully saturated rings. The van der Waals surface area contributed by atoms with Crippen LogP contribution in [-0.4, -0.2) is 33.9 Å². The maximum atomic E-state index is 13.8. The minimum atomic E-state index is -0.359. The number of fused-ring (bicyclic) bond motifs is 2. The third kappa shape index (κ3) is 4.73. The number of benzene rings is 3. The number of unbranched alkanes of at least 4 members (excludes halogenated alkanes) is 2. The van der Waals surface area contributed by atoms with Crippen molar-refractivity contribution in [2.45, 2.75) is 58.5 Å². The molecule has 1 aliphatic heterocycles. The molecule has 0 saturated carbocycles. The highest BCUT2D eigenvalue weighted by Gasteiger charge is 2.41. The van der Waals surface area contributed by atoms with Gasteiger partial charge in [0.15, 0.2) is 0 Å². The second-order valence-electron chi connectivity index (χ2n) is 10.6. The van der Waals surface area contributed by atoms with Gasteiger partial charge in [0.05, 0.1) is 11.7 Å². The quantitative estimate of drug-likeness (QED) is 0.254. The van der Waals surface area contributed by atoms with Crippen molar-refractivity contribution in [3.63, 3.8) is 0 Å². The van der Waals surface area contributed by atoms with E-state index in [4.69, 9.17) is 0 Å². The number of hydrogen-bond acceptors (Lipinski definition) is 2. The van der Waals surface area contributed by atoms with Gasteiger partial charge < -0.3 is 14.8 Å². The van der Waals surface area contributed by atoms with Gasteiger partial charge in [0.1, 0.15) is 6.54 Å². The van der Waals surface area contributed by atoms with Gasteiger partial charge in [-0.05, 0) is 43.5 Å². The summed E-state index contributed by atoms with van der Waals surface area (Å²) in [6.45, 7) is 6.33. The molecule has 5 rings (SSSR count). The van der Waals surface area contributed by atoms with Crippen molar-refractivity contribution in [3.05, 3.63) is 95.1 Å². The predicted octanol–water partition coefficient (Wildman–Crippen LogP) is 6.78. The topological polar surface area (TPSA) is 54.3 Å². The molecule has 0 saturated heterocycles. The Labute approximate surface area is 225 Å². The van der Waals surface area contributed by atoms with E-state index in [-0.39, 0.29) is 30.4 Å². The highest BCUT2D eigenvalue weighted by Crippen LogP contribution is 2.46. The Balaban J connectivity index is 1.60. The van der Waals surface area contributed by atoms with Crippen LogP contribution in [-0.2, 0) is 11.8 Å². The normalized spacial score (nSPS) is 15.6. The molecular formula is C33H37N3O2. The number of carbonyl (C=O) groups excluding carboxylic acids is 2. The van der Waals surface area contributed by atoms with E-state index in [0.717, 1.165) is 59.0 Å². The Morgan fingerprint density at radius 2 is 1.68 bits per heavy atom. The number of aryl methyl sites for hydroxylation is 2. The highest BCUT2D eigenvalue weighted by atomic mass is 16.2. The van der Waals surface area contributed by atoms with Crippen molar-refractivity contribution in [2.75, 3.05) is 6.54 Å². The summed E-state index contributed by atoms with van der Waals surface area (Å²) >= 11 is 0. The van der Waals surface area contributed by atoms with Crippen LogP contribution < -0.4 is 5.32 Å². The lowest BCUT2D eigenvalue weighted by molar-refractivity contribution is -0.122. The van der Waals surface area contributed by atoms with E-state index >= 15 is 0 Å². The lowest BCUT2D eigenvalue weighted by Crippen LogP contribution is -2.42. The molecular weight excluding hydrogens is 470 g/mol. The summed E-state index contributed by atoms with van der Waals surface area (Å²) in [5.74, 6) is -0.209. The van der Waals surface area contributed by atoms with E-state index in [1.165, 1.54) is 5.56 Å². The van der Waals surface area contributed by atoms with Crippen LogP contribution in [0, 0.1) is 6.92 Å². The average molecular weight is 508 g/mol. The Morgan fingerprint density at radius 3 is 2.45 bits per heavy atom. The molecule has 0 radical (unpaired) electrons. The standard InChI is InChI=1S/C33H37N3O2/c1-5-6-7-12-23(3)34-29(37)21-36-32(25-13-8-9-14-26(25)33(36)38)30-27-15-10-11-16-28(27)35(4)31(30)24-19-17-22(2)18-20-24/h8-11,13-20,23,32H,5-7,12,21H2,1-4H3,(H,34,37). The second-order valence-corrected chi connectivity index (χ2v) is 10.6. The smallest absolute Gasteiger partial charge is 0.255 e. The first-order valence-corrected chi connectivity index (χ1v) is 13.7. The summed E-state index contributed by atoms with van der Waals surface area (Å²) < 4.78 is 2.22. The number of nitrogens with zero attached hydrogens (tertiary/aromatic N) is 2. The molecule has 4 aromatic rings. The molecule has 1 N–H and O–H groups in total. The van der Waals surface area contributed by atoms with E-state index < -0.39 is 0 Å². The van der Waals surface area contributed by atoms with Gasteiger partial charge in [0.25, 0.3) is 5.91 Å². The molecule has 2 atom stereocenters. The number of nitrogens with one attached hydrogen (secondary N) is 1. The molecule has 196 valence electrons. The maximum absolute atomic E-state index is 13.8. The lowest BCUT2D eigenvalue weighted by atomic mass is 9.93. The van der Waals surface area contributed by atoms with Gasteiger partial charge in [-0.15, -0.1) is 0 Å². The van der Waals surface area contributed by atoms with Crippen LogP contribution in [0.2, 0.25) is 0 Å². The van der Waals surface area contributed by atoms with Gasteiger partial charge in [0.2, 0.25) is 5.91 Å². The first-order valence-electron chi connectivity index (χ1n) is 13.7. The lowest BCUT2D eigenvalue weighted by Gasteiger charge is -2.27. The molecule has 2 heterocycles. The van der Waals surface area contributed by atoms with Crippen LogP contribution in [0.4, 0.5) is 0 Å². The Hall–Kier alpha value is -3.86. The number of amides is 2. The third-order valence-electron chi connectivity index (χ3n) is 7.76. The fourth-order valence-electron chi connectivity index (χ4n) is 5.85. The van der Waals surface area contributed by atoms with Crippen LogP contribution in [0.15, 0.2) is 72.8 Å². The van der Waals surface area contributed by atoms with Crippen LogP contribution in [0.3, 0.4) is 0 Å². The number of hydrogen-bond donors (Lipinski definition) is 1. The predicted molar refractivity (Wildman–Crippen MR) is 154 cm³/mol. The highest BCUT2D eigenvalue weighted by molar-refractivity contribution is 6.03. The molecule has 5 heteroatoms. The molecule has 5 nitrogen and oxygen atoms in total. The van der Waals surface area contributed by atoms with Crippen molar-refractivity contribution in [1.82, 2.24) is 14.8 Å². The van der Waals surface area contributed by atoms with Crippen molar-refractivity contribution in [2.24, 2.45) is 7.05 Å². The number of carbonyl (C=O) groups is 2. The number of aromatic nitrogens is 1. The second kappa shape index (κ2) is 10.9. The minimum absolute atomic E-state index is 0.0207. The van der Waals surface area contributed by atoms with Gasteiger partial charge in [-0.25, -0.2) is 0 Å². The molecule has 2 unspecified atom stereocenters. The molecule has 0 aliphatic carbocycles. The maximum Gasteiger partial charge on any atom is 0.255 e. The van der Waals surface area contributed by atoms with Crippen molar-refractivity contribution < 1.29 is 9.59 Å². The molecule has 38 heavy (non-hydrogen) atoms. The van der Waals surface area contributed by atoms with E-state index in [1.54, 1.807) is 4.90 Å². The zero-order chi connectivity index (χ0) is 26.8. The number of para-hydroxylation sites is 1. The summed E-state index contributed by atoms with van der Waals surface area (Å²) in [6, 6.07) is 24.4. The van der Waals surface area contributed by atoms with E-state index in [1.807, 2.05) is 43.3 Å². The number of rotatable bonds is 9. The first kappa shape index (κ1) is 25.8. The average Bonchev–Trinajstić information content (AvgIpc) is 3.35. The minimum Gasteiger partial charge on any atom is -0.352 e. The van der Waals surface area contributed by atoms with Crippen molar-refractivity contribution in [3.8, 4) is 11.3 Å². The van der Waals surface area contributed by atoms with Gasteiger partial charge in [0, 0.05) is 35.1 Å². The Bertz CT molecular complexity index is 1470. The SMILES string of the molecule is CCCCCC(C)NC(=O)CN1C(=O)c2ccccc2C1c1c(-c2ccc(C)cc2)n(C)c2ccccc12. The molecule has 0 bridgehead atoms. The van der Waals surface area contributed by atoms with E-state index in [2.05, 4.69) is 67.2 Å². The van der Waals surface area contributed by atoms with E-state index in [0.29, 0.717) is 5.56 Å². The largest absolute Gasteiger partial charge is 0.352 e. The molecule has 0 spiro atoms. The van der Waals surface area contributed by atoms with Crippen molar-refractivity contribution in [1.29, 1.82) is 0 Å². The summed E-state index contributed by atoms with van der Waals surface area (Å²) in [6.07, 6.45) is 4.34. The van der Waals surface area contributed by atoms with Gasteiger partial charge in [-0.1, -0.05) is 92.4 Å². The van der Waals surface area contributed by atoms with E-state index in [9.17, 15) is 9.59 Å². The monoisotopic (exact) mass is 507 g/mol. The van der Waals surface area contributed by atoms with Crippen LogP contribution in [0.5, 0.6) is 0 Å². The van der Waals surface area contributed by atoms with Crippen LogP contribution in [0.1, 0.15) is 72.6 Å². The zero-order valence-corrected chi connectivity index (χ0v) is 22.8. The summed E-state index contributed by atoms with van der Waals surface area (Å²) in [5.41, 5.74) is 7.14.